The summed E-state index contributed by atoms with van der Waals surface area (Å²) in [5.74, 6) is 0.936. The van der Waals surface area contributed by atoms with Crippen LogP contribution in [0.5, 0.6) is 0 Å². The van der Waals surface area contributed by atoms with Gasteiger partial charge in [-0.15, -0.1) is 23.5 Å². The van der Waals surface area contributed by atoms with E-state index in [1.165, 1.54) is 47.6 Å². The molecule has 27 heavy (non-hydrogen) atoms. The number of aromatic nitrogens is 1. The summed E-state index contributed by atoms with van der Waals surface area (Å²) < 4.78 is -0.00788. The maximum absolute atomic E-state index is 12.6. The number of aromatic amines is 1. The summed E-state index contributed by atoms with van der Waals surface area (Å²) in [6.07, 6.45) is 12.5. The minimum absolute atomic E-state index is 0.00788. The third-order valence-corrected chi connectivity index (χ3v) is 9.40. The molecule has 0 unspecified atom stereocenters. The number of nitrogens with one attached hydrogen (secondary N) is 1. The maximum atomic E-state index is 12.6. The van der Waals surface area contributed by atoms with E-state index < -0.39 is 0 Å². The maximum Gasteiger partial charge on any atom is 0.164 e. The molecule has 1 aromatic heterocycles. The number of hydrogen-bond acceptors (Lipinski definition) is 3. The molecular weight excluding hydrogens is 370 g/mol. The third kappa shape index (κ3) is 3.88. The van der Waals surface area contributed by atoms with Crippen molar-refractivity contribution in [3.05, 3.63) is 47.8 Å². The second-order valence-corrected chi connectivity index (χ2v) is 10.7. The number of H-pyrrole nitrogens is 1. The molecule has 1 aliphatic carbocycles. The Morgan fingerprint density at radius 2 is 1.81 bits per heavy atom. The van der Waals surface area contributed by atoms with Crippen molar-refractivity contribution >= 4 is 29.3 Å². The number of benzene rings is 1. The molecule has 1 fully saturated rings. The van der Waals surface area contributed by atoms with Crippen molar-refractivity contribution < 1.29 is 4.79 Å². The van der Waals surface area contributed by atoms with Gasteiger partial charge in [0.15, 0.2) is 5.78 Å². The Hall–Kier alpha value is -1.13. The van der Waals surface area contributed by atoms with E-state index in [4.69, 9.17) is 0 Å². The van der Waals surface area contributed by atoms with Gasteiger partial charge in [0, 0.05) is 33.7 Å². The molecule has 144 valence electrons. The molecule has 0 radical (unpaired) electrons. The van der Waals surface area contributed by atoms with Crippen LogP contribution in [0.1, 0.15) is 80.8 Å². The van der Waals surface area contributed by atoms with Crippen molar-refractivity contribution in [1.82, 2.24) is 4.98 Å². The molecule has 2 aromatic rings. The van der Waals surface area contributed by atoms with Crippen LogP contribution in [0, 0.1) is 5.92 Å². The number of fused-ring (bicyclic) bond motifs is 1. The first-order valence-electron chi connectivity index (χ1n) is 10.4. The molecule has 1 saturated carbocycles. The summed E-state index contributed by atoms with van der Waals surface area (Å²) in [4.78, 5) is 18.9. The van der Waals surface area contributed by atoms with Crippen molar-refractivity contribution in [3.8, 4) is 0 Å². The third-order valence-electron chi connectivity index (χ3n) is 5.90. The van der Waals surface area contributed by atoms with Crippen LogP contribution in [0.4, 0.5) is 0 Å². The average molecular weight is 400 g/mol. The SMILES string of the molecule is CCCCCC(=O)c1c[nH]c(C2(C3CCCCC3)Sc3ccccc3S2)c1. The van der Waals surface area contributed by atoms with Gasteiger partial charge in [0.2, 0.25) is 0 Å². The van der Waals surface area contributed by atoms with Crippen LogP contribution in [0.2, 0.25) is 0 Å². The van der Waals surface area contributed by atoms with Gasteiger partial charge in [0.1, 0.15) is 4.08 Å². The minimum Gasteiger partial charge on any atom is -0.362 e. The highest BCUT2D eigenvalue weighted by Gasteiger charge is 2.48. The number of hydrogen-bond donors (Lipinski definition) is 1. The highest BCUT2D eigenvalue weighted by Crippen LogP contribution is 2.66. The van der Waals surface area contributed by atoms with Gasteiger partial charge < -0.3 is 4.98 Å². The largest absolute Gasteiger partial charge is 0.362 e. The van der Waals surface area contributed by atoms with E-state index in [0.717, 1.165) is 24.8 Å². The van der Waals surface area contributed by atoms with Crippen LogP contribution in [0.15, 0.2) is 46.3 Å². The van der Waals surface area contributed by atoms with Gasteiger partial charge >= 0.3 is 0 Å². The van der Waals surface area contributed by atoms with Gasteiger partial charge in [-0.3, -0.25) is 4.79 Å². The molecule has 4 rings (SSSR count). The van der Waals surface area contributed by atoms with E-state index in [2.05, 4.69) is 42.2 Å². The molecule has 2 heterocycles. The molecule has 0 amide bonds. The molecule has 0 bridgehead atoms. The van der Waals surface area contributed by atoms with Crippen molar-refractivity contribution in [3.63, 3.8) is 0 Å². The Balaban J connectivity index is 1.62. The minimum atomic E-state index is -0.00788. The summed E-state index contributed by atoms with van der Waals surface area (Å²) in [5.41, 5.74) is 2.10. The lowest BCUT2D eigenvalue weighted by atomic mass is 9.85. The zero-order valence-electron chi connectivity index (χ0n) is 16.1. The van der Waals surface area contributed by atoms with Crippen LogP contribution in [0.3, 0.4) is 0 Å². The first kappa shape index (κ1) is 19.2. The summed E-state index contributed by atoms with van der Waals surface area (Å²) in [5, 5.41) is 0. The molecule has 0 atom stereocenters. The molecule has 2 nitrogen and oxygen atoms in total. The van der Waals surface area contributed by atoms with Crippen LogP contribution >= 0.6 is 23.5 Å². The second-order valence-electron chi connectivity index (χ2n) is 7.84. The molecule has 0 saturated heterocycles. The van der Waals surface area contributed by atoms with E-state index in [1.807, 2.05) is 29.7 Å². The Morgan fingerprint density at radius 1 is 1.11 bits per heavy atom. The van der Waals surface area contributed by atoms with Gasteiger partial charge in [0.25, 0.3) is 0 Å². The van der Waals surface area contributed by atoms with Crippen molar-refractivity contribution in [2.45, 2.75) is 78.6 Å². The zero-order chi connectivity index (χ0) is 18.7. The fourth-order valence-electron chi connectivity index (χ4n) is 4.38. The van der Waals surface area contributed by atoms with Crippen molar-refractivity contribution in [2.24, 2.45) is 5.92 Å². The van der Waals surface area contributed by atoms with E-state index >= 15 is 0 Å². The predicted molar refractivity (Wildman–Crippen MR) is 116 cm³/mol. The number of Topliss-reactive ketones (excluding diaryl/α,β-unsaturated/α-hetero) is 1. The van der Waals surface area contributed by atoms with Crippen LogP contribution in [0.25, 0.3) is 0 Å². The van der Waals surface area contributed by atoms with Crippen molar-refractivity contribution in [1.29, 1.82) is 0 Å². The summed E-state index contributed by atoms with van der Waals surface area (Å²) >= 11 is 4.02. The van der Waals surface area contributed by atoms with Gasteiger partial charge in [0.05, 0.1) is 0 Å². The molecular formula is C23H29NOS2. The van der Waals surface area contributed by atoms with Gasteiger partial charge in [-0.25, -0.2) is 0 Å². The topological polar surface area (TPSA) is 32.9 Å². The van der Waals surface area contributed by atoms with E-state index in [0.29, 0.717) is 12.3 Å². The lowest BCUT2D eigenvalue weighted by Gasteiger charge is -2.37. The number of unbranched alkanes of at least 4 members (excludes halogenated alkanes) is 2. The van der Waals surface area contributed by atoms with Gasteiger partial charge in [-0.2, -0.15) is 0 Å². The highest BCUT2D eigenvalue weighted by molar-refractivity contribution is 8.20. The fraction of sp³-hybridized carbons (Fsp3) is 0.522. The molecule has 2 aliphatic rings. The summed E-state index contributed by atoms with van der Waals surface area (Å²) in [6.45, 7) is 2.18. The summed E-state index contributed by atoms with van der Waals surface area (Å²) in [6, 6.07) is 10.9. The standard InChI is InChI=1S/C23H29NOS2/c1-2-3-5-12-19(25)17-15-22(24-16-17)23(18-10-6-4-7-11-18)26-20-13-8-9-14-21(20)27-23/h8-9,13-16,18,24H,2-7,10-12H2,1H3. The van der Waals surface area contributed by atoms with Gasteiger partial charge in [-0.1, -0.05) is 51.2 Å². The van der Waals surface area contributed by atoms with Crippen LogP contribution in [-0.4, -0.2) is 10.8 Å². The number of thioether (sulfide) groups is 2. The van der Waals surface area contributed by atoms with Gasteiger partial charge in [-0.05, 0) is 43.4 Å². The Kier molecular flexibility index (Phi) is 6.03. The zero-order valence-corrected chi connectivity index (χ0v) is 17.8. The number of carbonyl (C=O) groups excluding carboxylic acids is 1. The Morgan fingerprint density at radius 3 is 2.48 bits per heavy atom. The monoisotopic (exact) mass is 399 g/mol. The highest BCUT2D eigenvalue weighted by atomic mass is 32.2. The summed E-state index contributed by atoms with van der Waals surface area (Å²) in [7, 11) is 0. The van der Waals surface area contributed by atoms with Crippen LogP contribution < -0.4 is 0 Å². The normalized spacial score (nSPS) is 19.1. The molecule has 4 heteroatoms. The van der Waals surface area contributed by atoms with E-state index in [-0.39, 0.29) is 9.86 Å². The second kappa shape index (κ2) is 8.48. The van der Waals surface area contributed by atoms with Crippen molar-refractivity contribution in [2.75, 3.05) is 0 Å². The predicted octanol–water partition coefficient (Wildman–Crippen LogP) is 7.41. The quantitative estimate of drug-likeness (QED) is 0.389. The molecule has 0 spiro atoms. The average Bonchev–Trinajstić information content (AvgIpc) is 3.34. The fourth-order valence-corrected chi connectivity index (χ4v) is 7.88. The molecule has 1 aliphatic heterocycles. The Labute approximate surface area is 171 Å². The first-order chi connectivity index (χ1) is 13.2. The molecule has 1 aromatic carbocycles. The number of carbonyl (C=O) groups is 1. The lowest BCUT2D eigenvalue weighted by Crippen LogP contribution is -2.29. The molecule has 1 N–H and O–H groups in total. The Bertz CT molecular complexity index is 766. The van der Waals surface area contributed by atoms with E-state index in [9.17, 15) is 4.79 Å². The van der Waals surface area contributed by atoms with E-state index in [1.54, 1.807) is 0 Å². The van der Waals surface area contributed by atoms with Crippen LogP contribution in [-0.2, 0) is 4.08 Å². The smallest absolute Gasteiger partial charge is 0.164 e. The number of rotatable bonds is 7. The first-order valence-corrected chi connectivity index (χ1v) is 12.1. The number of ketones is 1. The lowest BCUT2D eigenvalue weighted by molar-refractivity contribution is 0.0979.